The summed E-state index contributed by atoms with van der Waals surface area (Å²) < 4.78 is 0. The van der Waals surface area contributed by atoms with Gasteiger partial charge in [-0.3, -0.25) is 38.4 Å². The van der Waals surface area contributed by atoms with Crippen molar-refractivity contribution < 1.29 is 53.7 Å². The third kappa shape index (κ3) is 13.8. The summed E-state index contributed by atoms with van der Waals surface area (Å²) in [6, 6.07) is -7.62. The number of carbonyl (C=O) groups is 8. The van der Waals surface area contributed by atoms with Crippen molar-refractivity contribution in [3.05, 3.63) is 0 Å². The first-order valence-electron chi connectivity index (χ1n) is 12.0. The molecule has 0 aliphatic heterocycles. The molecule has 0 spiro atoms. The highest BCUT2D eigenvalue weighted by Crippen LogP contribution is 1.99. The van der Waals surface area contributed by atoms with Gasteiger partial charge in [0.1, 0.15) is 30.2 Å². The summed E-state index contributed by atoms with van der Waals surface area (Å²) in [5.41, 5.74) is 10.3. The lowest BCUT2D eigenvalue weighted by Gasteiger charge is -2.25. The summed E-state index contributed by atoms with van der Waals surface area (Å²) in [6.07, 6.45) is -2.29. The first-order chi connectivity index (χ1) is 19.1. The van der Waals surface area contributed by atoms with Gasteiger partial charge in [0.2, 0.25) is 41.4 Å². The van der Waals surface area contributed by atoms with Gasteiger partial charge in [-0.1, -0.05) is 0 Å². The van der Waals surface area contributed by atoms with E-state index >= 15 is 0 Å². The van der Waals surface area contributed by atoms with Crippen LogP contribution in [0.5, 0.6) is 0 Å². The van der Waals surface area contributed by atoms with Crippen molar-refractivity contribution >= 4 is 59.9 Å². The van der Waals surface area contributed by atoms with Crippen LogP contribution in [0.1, 0.15) is 20.3 Å². The molecule has 0 saturated heterocycles. The molecule has 0 aliphatic rings. The second-order valence-electron chi connectivity index (χ2n) is 8.55. The Morgan fingerprint density at radius 2 is 1.34 bits per heavy atom. The summed E-state index contributed by atoms with van der Waals surface area (Å²) in [4.78, 5) is 95.9. The average molecular weight is 609 g/mol. The van der Waals surface area contributed by atoms with Crippen LogP contribution in [-0.4, -0.2) is 124 Å². The number of nitrogens with one attached hydrogen (secondary N) is 6. The van der Waals surface area contributed by atoms with Gasteiger partial charge in [-0.2, -0.15) is 12.6 Å². The Morgan fingerprint density at radius 1 is 0.780 bits per heavy atom. The number of hydrogen-bond donors (Lipinski definition) is 12. The minimum atomic E-state index is -1.76. The van der Waals surface area contributed by atoms with Gasteiger partial charge in [0, 0.05) is 5.75 Å². The van der Waals surface area contributed by atoms with Gasteiger partial charge in [0.15, 0.2) is 0 Å². The van der Waals surface area contributed by atoms with E-state index in [2.05, 4.69) is 39.2 Å². The quantitative estimate of drug-likeness (QED) is 0.0646. The van der Waals surface area contributed by atoms with Gasteiger partial charge in [-0.15, -0.1) is 0 Å². The number of aliphatic hydroxyl groups excluding tert-OH is 2. The Hall–Kier alpha value is -4.01. The predicted octanol–water partition coefficient (Wildman–Crippen LogP) is -7.23. The van der Waals surface area contributed by atoms with Crippen molar-refractivity contribution in [1.29, 1.82) is 0 Å². The summed E-state index contributed by atoms with van der Waals surface area (Å²) in [6.45, 7) is 0.100. The van der Waals surface area contributed by atoms with Gasteiger partial charge in [0.05, 0.1) is 32.2 Å². The average Bonchev–Trinajstić information content (AvgIpc) is 2.90. The predicted molar refractivity (Wildman–Crippen MR) is 141 cm³/mol. The zero-order chi connectivity index (χ0) is 31.9. The maximum absolute atomic E-state index is 12.7. The van der Waals surface area contributed by atoms with E-state index in [1.807, 2.05) is 5.32 Å². The molecular weight excluding hydrogens is 572 g/mol. The van der Waals surface area contributed by atoms with Crippen LogP contribution in [0.2, 0.25) is 0 Å². The number of aliphatic hydroxyl groups is 2. The summed E-state index contributed by atoms with van der Waals surface area (Å²) in [7, 11) is 0. The van der Waals surface area contributed by atoms with Gasteiger partial charge in [-0.25, -0.2) is 0 Å². The molecule has 0 heterocycles. The zero-order valence-corrected chi connectivity index (χ0v) is 23.1. The van der Waals surface area contributed by atoms with E-state index in [0.29, 0.717) is 0 Å². The van der Waals surface area contributed by atoms with Crippen molar-refractivity contribution in [2.45, 2.75) is 56.6 Å². The lowest BCUT2D eigenvalue weighted by Crippen LogP contribution is -2.61. The third-order valence-corrected chi connectivity index (χ3v) is 5.47. The third-order valence-electron chi connectivity index (χ3n) is 5.11. The lowest BCUT2D eigenvalue weighted by molar-refractivity contribution is -0.142. The molecule has 0 bridgehead atoms. The van der Waals surface area contributed by atoms with E-state index < -0.39 is 110 Å². The zero-order valence-electron chi connectivity index (χ0n) is 22.2. The molecule has 7 amide bonds. The molecule has 41 heavy (non-hydrogen) atoms. The van der Waals surface area contributed by atoms with E-state index in [1.54, 1.807) is 0 Å². The Balaban J connectivity index is 5.38. The fraction of sp³-hybridized carbons (Fsp3) is 0.619. The van der Waals surface area contributed by atoms with Gasteiger partial charge in [-0.05, 0) is 13.8 Å². The number of hydrogen-bond acceptors (Lipinski definition) is 12. The summed E-state index contributed by atoms with van der Waals surface area (Å²) >= 11 is 3.92. The molecule has 0 rings (SSSR count). The molecule has 0 fully saturated rings. The van der Waals surface area contributed by atoms with E-state index in [4.69, 9.17) is 16.6 Å². The number of carbonyl (C=O) groups excluding carboxylic acids is 7. The minimum Gasteiger partial charge on any atom is -0.480 e. The number of thiol groups is 1. The largest absolute Gasteiger partial charge is 0.480 e. The maximum atomic E-state index is 12.7. The molecule has 0 aromatic carbocycles. The molecule has 20 heteroatoms. The number of nitrogens with two attached hydrogens (primary N) is 2. The second kappa shape index (κ2) is 18.4. The van der Waals surface area contributed by atoms with Crippen LogP contribution in [0.25, 0.3) is 0 Å². The van der Waals surface area contributed by atoms with Crippen molar-refractivity contribution in [3.8, 4) is 0 Å². The van der Waals surface area contributed by atoms with Crippen molar-refractivity contribution in [1.82, 2.24) is 31.9 Å². The normalized spacial score (nSPS) is 15.0. The second-order valence-corrected chi connectivity index (χ2v) is 8.92. The number of rotatable bonds is 18. The molecular formula is C21H36N8O11S. The molecule has 6 atom stereocenters. The van der Waals surface area contributed by atoms with Crippen LogP contribution in [-0.2, 0) is 38.4 Å². The lowest BCUT2D eigenvalue weighted by atomic mass is 10.1. The van der Waals surface area contributed by atoms with Crippen LogP contribution in [0, 0.1) is 0 Å². The fourth-order valence-electron chi connectivity index (χ4n) is 2.88. The number of carboxylic acids is 1. The molecule has 232 valence electrons. The van der Waals surface area contributed by atoms with Crippen molar-refractivity contribution in [2.75, 3.05) is 25.4 Å². The molecule has 0 unspecified atom stereocenters. The molecule has 0 saturated carbocycles. The monoisotopic (exact) mass is 608 g/mol. The number of primary amides is 1. The van der Waals surface area contributed by atoms with Crippen LogP contribution < -0.4 is 43.4 Å². The number of amides is 7. The Kier molecular flexibility index (Phi) is 16.6. The van der Waals surface area contributed by atoms with Gasteiger partial charge < -0.3 is 58.7 Å². The van der Waals surface area contributed by atoms with Gasteiger partial charge in [0.25, 0.3) is 0 Å². The molecule has 0 aromatic rings. The number of aliphatic carboxylic acids is 1. The minimum absolute atomic E-state index is 0.132. The SMILES string of the molecule is C[C@H](NC(=O)[C@@H](NC(=O)[C@H](CO)NC(=O)[C@H](CC(N)=O)NC(=O)CNC(=O)[C@H](CS)NC(=O)CN)[C@@H](C)O)C(=O)O. The van der Waals surface area contributed by atoms with Crippen LogP contribution in [0.4, 0.5) is 0 Å². The summed E-state index contributed by atoms with van der Waals surface area (Å²) in [5.74, 6) is -8.43. The highest BCUT2D eigenvalue weighted by atomic mass is 32.1. The Labute approximate surface area is 239 Å². The van der Waals surface area contributed by atoms with Crippen molar-refractivity contribution in [3.63, 3.8) is 0 Å². The number of carboxylic acid groups (broad SMARTS) is 1. The first kappa shape index (κ1) is 37.0. The Morgan fingerprint density at radius 3 is 1.80 bits per heavy atom. The van der Waals surface area contributed by atoms with E-state index in [0.717, 1.165) is 13.8 Å². The van der Waals surface area contributed by atoms with Gasteiger partial charge >= 0.3 is 5.97 Å². The van der Waals surface area contributed by atoms with E-state index in [1.165, 1.54) is 0 Å². The Bertz CT molecular complexity index is 996. The fourth-order valence-corrected chi connectivity index (χ4v) is 3.14. The molecule has 19 nitrogen and oxygen atoms in total. The first-order valence-corrected chi connectivity index (χ1v) is 12.6. The van der Waals surface area contributed by atoms with E-state index in [-0.39, 0.29) is 5.75 Å². The standard InChI is InChI=1S/C21H36N8O11S/c1-8(21(39)40)25-20(38)16(9(2)31)29-19(37)11(6-30)28-18(36)10(3-13(23)32)26-15(34)5-24-17(35)12(7-41)27-14(33)4-22/h8-12,16,30-31,41H,3-7,22H2,1-2H3,(H2,23,32)(H,24,35)(H,25,38)(H,26,34)(H,27,33)(H,28,36)(H,29,37)(H,39,40)/t8-,9+,10-,11-,12-,16-/m0/s1. The molecule has 0 aromatic heterocycles. The van der Waals surface area contributed by atoms with Crippen molar-refractivity contribution in [2.24, 2.45) is 11.5 Å². The molecule has 0 aliphatic carbocycles. The van der Waals surface area contributed by atoms with E-state index in [9.17, 15) is 48.6 Å². The maximum Gasteiger partial charge on any atom is 0.325 e. The van der Waals surface area contributed by atoms with Crippen LogP contribution >= 0.6 is 12.6 Å². The van der Waals surface area contributed by atoms with Crippen LogP contribution in [0.15, 0.2) is 0 Å². The molecule has 0 radical (unpaired) electrons. The summed E-state index contributed by atoms with van der Waals surface area (Å²) in [5, 5.41) is 41.1. The highest BCUT2D eigenvalue weighted by Gasteiger charge is 2.33. The topological polar surface area (TPSA) is 321 Å². The van der Waals surface area contributed by atoms with Crippen LogP contribution in [0.3, 0.4) is 0 Å². The smallest absolute Gasteiger partial charge is 0.325 e. The highest BCUT2D eigenvalue weighted by molar-refractivity contribution is 7.80. The molecule has 13 N–H and O–H groups in total.